The zero-order valence-electron chi connectivity index (χ0n) is 9.82. The highest BCUT2D eigenvalue weighted by atomic mass is 16.5. The molecule has 2 atom stereocenters. The van der Waals surface area contributed by atoms with Crippen LogP contribution in [-0.4, -0.2) is 34.1 Å². The normalized spacial score (nSPS) is 21.2. The molecule has 0 aliphatic carbocycles. The quantitative estimate of drug-likeness (QED) is 0.794. The van der Waals surface area contributed by atoms with Gasteiger partial charge in [0, 0.05) is 13.0 Å². The Balaban J connectivity index is 2.01. The number of amides is 1. The van der Waals surface area contributed by atoms with Gasteiger partial charge in [0.2, 0.25) is 6.04 Å². The van der Waals surface area contributed by atoms with Crippen molar-refractivity contribution in [3.05, 3.63) is 18.3 Å². The summed E-state index contributed by atoms with van der Waals surface area (Å²) in [5, 5.41) is 16.5. The van der Waals surface area contributed by atoms with Gasteiger partial charge in [0.05, 0.1) is 24.6 Å². The van der Waals surface area contributed by atoms with E-state index in [0.717, 1.165) is 19.4 Å². The van der Waals surface area contributed by atoms with Crippen molar-refractivity contribution in [2.24, 2.45) is 11.7 Å². The minimum Gasteiger partial charge on any atom is -0.381 e. The van der Waals surface area contributed by atoms with Crippen LogP contribution in [0, 0.1) is 23.7 Å². The number of nitriles is 1. The molecule has 1 saturated heterocycles. The Morgan fingerprint density at radius 1 is 1.78 bits per heavy atom. The molecular formula is C11H14N5O2. The zero-order chi connectivity index (χ0) is 13.0. The fourth-order valence-electron chi connectivity index (χ4n) is 1.88. The Bertz CT molecular complexity index is 458. The molecule has 0 saturated carbocycles. The first-order valence-electron chi connectivity index (χ1n) is 5.74. The van der Waals surface area contributed by atoms with Crippen LogP contribution in [-0.2, 0) is 9.53 Å². The largest absolute Gasteiger partial charge is 0.381 e. The van der Waals surface area contributed by atoms with Gasteiger partial charge < -0.3 is 10.5 Å². The second kappa shape index (κ2) is 5.60. The van der Waals surface area contributed by atoms with Gasteiger partial charge in [0.15, 0.2) is 0 Å². The van der Waals surface area contributed by atoms with E-state index in [1.165, 1.54) is 4.68 Å². The Labute approximate surface area is 105 Å². The van der Waals surface area contributed by atoms with Gasteiger partial charge in [-0.05, 0) is 18.8 Å². The van der Waals surface area contributed by atoms with Crippen molar-refractivity contribution in [2.45, 2.75) is 18.9 Å². The van der Waals surface area contributed by atoms with Gasteiger partial charge in [-0.25, -0.2) is 4.68 Å². The zero-order valence-corrected chi connectivity index (χ0v) is 9.82. The van der Waals surface area contributed by atoms with Gasteiger partial charge in [-0.15, -0.1) is 5.10 Å². The van der Waals surface area contributed by atoms with E-state index >= 15 is 0 Å². The summed E-state index contributed by atoms with van der Waals surface area (Å²) in [5.74, 6) is -0.437. The molecule has 0 spiro atoms. The van der Waals surface area contributed by atoms with E-state index in [4.69, 9.17) is 15.7 Å². The second-order valence-electron chi connectivity index (χ2n) is 4.20. The molecule has 7 nitrogen and oxygen atoms in total. The maximum atomic E-state index is 11.0. The molecule has 7 heteroatoms. The van der Waals surface area contributed by atoms with Crippen LogP contribution < -0.4 is 5.73 Å². The van der Waals surface area contributed by atoms with Gasteiger partial charge in [-0.1, -0.05) is 5.21 Å². The average Bonchev–Trinajstić information content (AvgIpc) is 2.79. The summed E-state index contributed by atoms with van der Waals surface area (Å²) >= 11 is 0. The lowest BCUT2D eigenvalue weighted by Crippen LogP contribution is -2.25. The number of carbonyl (C=O) groups excluding carboxylic acids is 1. The highest BCUT2D eigenvalue weighted by Crippen LogP contribution is 2.19. The van der Waals surface area contributed by atoms with Crippen LogP contribution in [0.3, 0.4) is 0 Å². The number of hydrogen-bond donors (Lipinski definition) is 1. The molecule has 1 amide bonds. The van der Waals surface area contributed by atoms with Crippen LogP contribution in [0.5, 0.6) is 0 Å². The van der Waals surface area contributed by atoms with E-state index in [1.807, 2.05) is 6.42 Å². The summed E-state index contributed by atoms with van der Waals surface area (Å²) in [7, 11) is 0. The Morgan fingerprint density at radius 3 is 3.22 bits per heavy atom. The van der Waals surface area contributed by atoms with Crippen LogP contribution >= 0.6 is 0 Å². The first-order valence-corrected chi connectivity index (χ1v) is 5.74. The van der Waals surface area contributed by atoms with Gasteiger partial charge in [0.25, 0.3) is 5.91 Å². The molecule has 18 heavy (non-hydrogen) atoms. The molecule has 2 heterocycles. The summed E-state index contributed by atoms with van der Waals surface area (Å²) in [4.78, 5) is 11.0. The van der Waals surface area contributed by atoms with Gasteiger partial charge in [-0.2, -0.15) is 5.26 Å². The number of nitrogens with two attached hydrogens (primary N) is 1. The minimum atomic E-state index is -1.11. The first-order chi connectivity index (χ1) is 8.70. The van der Waals surface area contributed by atoms with Crippen LogP contribution in [0.25, 0.3) is 0 Å². The fourth-order valence-corrected chi connectivity index (χ4v) is 1.88. The summed E-state index contributed by atoms with van der Waals surface area (Å²) in [6.45, 7) is 1.47. The summed E-state index contributed by atoms with van der Waals surface area (Å²) < 4.78 is 6.53. The molecule has 2 rings (SSSR count). The molecule has 2 N–H and O–H groups in total. The standard InChI is InChI=1S/C11H14N5O2/c12-5-10(11(13)17)16-6-9(14-15-16)4-8-2-1-3-18-7-8/h4,6,8,10H,1-3,7H2,(H2,13,17)/t8-,10-/m1/s1. The number of carbonyl (C=O) groups is 1. The number of ether oxygens (including phenoxy) is 1. The monoisotopic (exact) mass is 248 g/mol. The summed E-state index contributed by atoms with van der Waals surface area (Å²) in [5.41, 5.74) is 5.72. The molecule has 0 unspecified atom stereocenters. The fraction of sp³-hybridized carbons (Fsp3) is 0.545. The molecule has 1 fully saturated rings. The maximum Gasteiger partial charge on any atom is 0.257 e. The molecule has 1 aromatic heterocycles. The van der Waals surface area contributed by atoms with Crippen molar-refractivity contribution in [3.63, 3.8) is 0 Å². The maximum absolute atomic E-state index is 11.0. The number of rotatable bonds is 4. The Morgan fingerprint density at radius 2 is 2.61 bits per heavy atom. The van der Waals surface area contributed by atoms with Crippen molar-refractivity contribution < 1.29 is 9.53 Å². The molecule has 0 bridgehead atoms. The summed E-state index contributed by atoms with van der Waals surface area (Å²) in [6, 6.07) is 0.673. The third-order valence-electron chi connectivity index (χ3n) is 2.79. The molecule has 1 aromatic rings. The van der Waals surface area contributed by atoms with E-state index in [1.54, 1.807) is 12.3 Å². The first kappa shape index (κ1) is 12.5. The molecular weight excluding hydrogens is 234 g/mol. The summed E-state index contributed by atoms with van der Waals surface area (Å²) in [6.07, 6.45) is 5.56. The average molecular weight is 248 g/mol. The molecule has 95 valence electrons. The van der Waals surface area contributed by atoms with E-state index in [-0.39, 0.29) is 0 Å². The van der Waals surface area contributed by atoms with E-state index in [2.05, 4.69) is 10.3 Å². The van der Waals surface area contributed by atoms with Crippen LogP contribution in [0.2, 0.25) is 0 Å². The van der Waals surface area contributed by atoms with Crippen molar-refractivity contribution in [3.8, 4) is 6.07 Å². The van der Waals surface area contributed by atoms with Crippen LogP contribution in [0.1, 0.15) is 24.6 Å². The molecule has 1 aliphatic rings. The Kier molecular flexibility index (Phi) is 3.89. The van der Waals surface area contributed by atoms with Crippen molar-refractivity contribution >= 4 is 5.91 Å². The highest BCUT2D eigenvalue weighted by Gasteiger charge is 2.20. The third-order valence-corrected chi connectivity index (χ3v) is 2.79. The number of nitrogens with zero attached hydrogens (tertiary/aromatic N) is 4. The van der Waals surface area contributed by atoms with E-state index in [9.17, 15) is 4.79 Å². The van der Waals surface area contributed by atoms with Gasteiger partial charge in [0.1, 0.15) is 0 Å². The SMILES string of the molecule is N#C[C@H](C(N)=O)n1cc([CH][C@H]2CCCOC2)nn1. The minimum absolute atomic E-state index is 0.304. The Hall–Kier alpha value is -1.94. The topological polar surface area (TPSA) is 107 Å². The smallest absolute Gasteiger partial charge is 0.257 e. The number of aromatic nitrogens is 3. The van der Waals surface area contributed by atoms with Crippen molar-refractivity contribution in [1.29, 1.82) is 5.26 Å². The lowest BCUT2D eigenvalue weighted by Gasteiger charge is -2.20. The second-order valence-corrected chi connectivity index (χ2v) is 4.20. The van der Waals surface area contributed by atoms with Crippen molar-refractivity contribution in [1.82, 2.24) is 15.0 Å². The molecule has 1 radical (unpaired) electrons. The third kappa shape index (κ3) is 2.84. The number of hydrogen-bond acceptors (Lipinski definition) is 5. The van der Waals surface area contributed by atoms with Crippen molar-refractivity contribution in [2.75, 3.05) is 13.2 Å². The van der Waals surface area contributed by atoms with Crippen LogP contribution in [0.4, 0.5) is 0 Å². The predicted octanol–water partition coefficient (Wildman–Crippen LogP) is -0.193. The van der Waals surface area contributed by atoms with E-state index in [0.29, 0.717) is 18.2 Å². The van der Waals surface area contributed by atoms with Gasteiger partial charge in [-0.3, -0.25) is 4.79 Å². The lowest BCUT2D eigenvalue weighted by atomic mass is 9.97. The van der Waals surface area contributed by atoms with Crippen LogP contribution in [0.15, 0.2) is 6.20 Å². The molecule has 0 aromatic carbocycles. The van der Waals surface area contributed by atoms with Gasteiger partial charge >= 0.3 is 0 Å². The predicted molar refractivity (Wildman–Crippen MR) is 60.8 cm³/mol. The highest BCUT2D eigenvalue weighted by molar-refractivity contribution is 5.80. The number of primary amides is 1. The van der Waals surface area contributed by atoms with E-state index < -0.39 is 11.9 Å². The molecule has 1 aliphatic heterocycles. The lowest BCUT2D eigenvalue weighted by molar-refractivity contribution is -0.119.